The molecule has 1 aliphatic heterocycles. The van der Waals surface area contributed by atoms with Gasteiger partial charge in [-0.3, -0.25) is 9.59 Å². The Hall–Kier alpha value is -3.36. The Morgan fingerprint density at radius 2 is 1.94 bits per heavy atom. The number of fused-ring (bicyclic) bond motifs is 1. The zero-order chi connectivity index (χ0) is 24.8. The zero-order valence-corrected chi connectivity index (χ0v) is 20.3. The van der Waals surface area contributed by atoms with E-state index in [1.54, 1.807) is 18.0 Å². The Bertz CT molecular complexity index is 1070. The molecule has 188 valence electrons. The Morgan fingerprint density at radius 1 is 1.14 bits per heavy atom. The van der Waals surface area contributed by atoms with Gasteiger partial charge in [0.1, 0.15) is 17.9 Å². The normalized spacial score (nSPS) is 19.3. The Kier molecular flexibility index (Phi) is 8.05. The van der Waals surface area contributed by atoms with Gasteiger partial charge in [0.2, 0.25) is 11.8 Å². The van der Waals surface area contributed by atoms with E-state index in [1.807, 2.05) is 24.3 Å². The Labute approximate surface area is 205 Å². The molecule has 1 aromatic carbocycles. The summed E-state index contributed by atoms with van der Waals surface area (Å²) in [7, 11) is 0. The lowest BCUT2D eigenvalue weighted by molar-refractivity contribution is -0.141. The molecule has 35 heavy (non-hydrogen) atoms. The number of carbonyl (C=O) groups is 3. The molecule has 4 N–H and O–H groups in total. The van der Waals surface area contributed by atoms with Gasteiger partial charge < -0.3 is 26.0 Å². The maximum atomic E-state index is 13.6. The van der Waals surface area contributed by atoms with E-state index in [9.17, 15) is 14.4 Å². The predicted molar refractivity (Wildman–Crippen MR) is 133 cm³/mol. The fourth-order valence-corrected chi connectivity index (χ4v) is 5.30. The molecule has 2 heterocycles. The average molecular weight is 482 g/mol. The first-order valence-electron chi connectivity index (χ1n) is 12.6. The highest BCUT2D eigenvalue weighted by Crippen LogP contribution is 2.29. The number of carbonyl (C=O) groups excluding carboxylic acids is 3. The third-order valence-electron chi connectivity index (χ3n) is 7.10. The van der Waals surface area contributed by atoms with Crippen molar-refractivity contribution in [2.45, 2.75) is 70.5 Å². The lowest BCUT2D eigenvalue weighted by atomic mass is 9.83. The van der Waals surface area contributed by atoms with Crippen molar-refractivity contribution in [3.8, 4) is 0 Å². The van der Waals surface area contributed by atoms with Crippen LogP contribution < -0.4 is 16.4 Å². The third-order valence-corrected chi connectivity index (χ3v) is 7.10. The largest absolute Gasteiger partial charge is 0.450 e. The quantitative estimate of drug-likeness (QED) is 0.558. The van der Waals surface area contributed by atoms with Gasteiger partial charge in [0.05, 0.1) is 6.61 Å². The summed E-state index contributed by atoms with van der Waals surface area (Å²) in [6.45, 7) is 2.83. The average Bonchev–Trinajstić information content (AvgIpc) is 3.36. The van der Waals surface area contributed by atoms with Gasteiger partial charge in [-0.25, -0.2) is 9.78 Å². The number of amides is 3. The van der Waals surface area contributed by atoms with Crippen LogP contribution in [0.3, 0.4) is 0 Å². The number of nitrogens with two attached hydrogens (primary N) is 1. The smallest absolute Gasteiger partial charge is 0.407 e. The van der Waals surface area contributed by atoms with E-state index in [2.05, 4.69) is 15.6 Å². The maximum Gasteiger partial charge on any atom is 0.407 e. The second kappa shape index (κ2) is 11.4. The van der Waals surface area contributed by atoms with Crippen LogP contribution in [0.15, 0.2) is 30.5 Å². The van der Waals surface area contributed by atoms with E-state index in [-0.39, 0.29) is 24.3 Å². The van der Waals surface area contributed by atoms with Crippen molar-refractivity contribution >= 4 is 34.5 Å². The van der Waals surface area contributed by atoms with Crippen LogP contribution in [0.2, 0.25) is 0 Å². The number of hydrogen-bond acceptors (Lipinski definition) is 6. The molecule has 1 aliphatic carbocycles. The van der Waals surface area contributed by atoms with Crippen molar-refractivity contribution in [2.75, 3.05) is 18.9 Å². The van der Waals surface area contributed by atoms with Crippen molar-refractivity contribution in [3.05, 3.63) is 36.0 Å². The first-order valence-corrected chi connectivity index (χ1v) is 12.6. The number of rotatable bonds is 7. The highest BCUT2D eigenvalue weighted by Gasteiger charge is 2.40. The number of aromatic nitrogens is 1. The Morgan fingerprint density at radius 3 is 2.71 bits per heavy atom. The van der Waals surface area contributed by atoms with Crippen molar-refractivity contribution in [2.24, 2.45) is 5.92 Å². The van der Waals surface area contributed by atoms with Crippen LogP contribution in [0, 0.1) is 5.92 Å². The first kappa shape index (κ1) is 24.8. The zero-order valence-electron chi connectivity index (χ0n) is 20.3. The van der Waals surface area contributed by atoms with E-state index >= 15 is 0 Å². The van der Waals surface area contributed by atoms with Gasteiger partial charge in [-0.15, -0.1) is 0 Å². The molecular formula is C26H35N5O4. The number of nitrogens with zero attached hydrogens (tertiary/aromatic N) is 2. The number of alkyl carbamates (subject to hydrolysis) is 1. The number of pyridine rings is 1. The van der Waals surface area contributed by atoms with Crippen LogP contribution in [-0.4, -0.2) is 53.0 Å². The second-order valence-corrected chi connectivity index (χ2v) is 9.40. The molecule has 1 saturated carbocycles. The van der Waals surface area contributed by atoms with E-state index in [1.165, 1.54) is 0 Å². The SMILES string of the molecule is CCOC(=O)N[C@@H](C(=O)N1CCC[C@H]1C(=O)NCc1ccc2c(N)nccc2c1)C1CCCCC1. The molecule has 2 aliphatic rings. The van der Waals surface area contributed by atoms with Crippen LogP contribution >= 0.6 is 0 Å². The van der Waals surface area contributed by atoms with Gasteiger partial charge in [-0.2, -0.15) is 0 Å². The summed E-state index contributed by atoms with van der Waals surface area (Å²) < 4.78 is 5.06. The number of hydrogen-bond donors (Lipinski definition) is 3. The molecule has 2 atom stereocenters. The predicted octanol–water partition coefficient (Wildman–Crippen LogP) is 3.12. The van der Waals surface area contributed by atoms with Crippen molar-refractivity contribution < 1.29 is 19.1 Å². The summed E-state index contributed by atoms with van der Waals surface area (Å²) in [5.41, 5.74) is 6.87. The van der Waals surface area contributed by atoms with Crippen LogP contribution in [0.4, 0.5) is 10.6 Å². The molecule has 1 saturated heterocycles. The maximum absolute atomic E-state index is 13.6. The summed E-state index contributed by atoms with van der Waals surface area (Å²) in [4.78, 5) is 44.7. The van der Waals surface area contributed by atoms with Crippen molar-refractivity contribution in [3.63, 3.8) is 0 Å². The minimum atomic E-state index is -0.665. The first-order chi connectivity index (χ1) is 17.0. The molecule has 4 rings (SSSR count). The summed E-state index contributed by atoms with van der Waals surface area (Å²) in [5.74, 6) is 0.173. The molecular weight excluding hydrogens is 446 g/mol. The lowest BCUT2D eigenvalue weighted by Crippen LogP contribution is -2.56. The highest BCUT2D eigenvalue weighted by atomic mass is 16.5. The minimum absolute atomic E-state index is 0.0597. The van der Waals surface area contributed by atoms with E-state index in [0.29, 0.717) is 25.3 Å². The minimum Gasteiger partial charge on any atom is -0.450 e. The van der Waals surface area contributed by atoms with Crippen LogP contribution in [0.25, 0.3) is 10.8 Å². The van der Waals surface area contributed by atoms with E-state index < -0.39 is 18.2 Å². The van der Waals surface area contributed by atoms with Crippen molar-refractivity contribution in [1.29, 1.82) is 0 Å². The highest BCUT2D eigenvalue weighted by molar-refractivity contribution is 5.93. The summed E-state index contributed by atoms with van der Waals surface area (Å²) in [6, 6.07) is 6.48. The number of nitrogens with one attached hydrogen (secondary N) is 2. The molecule has 0 radical (unpaired) electrons. The van der Waals surface area contributed by atoms with Gasteiger partial charge in [-0.05, 0) is 61.6 Å². The van der Waals surface area contributed by atoms with E-state index in [4.69, 9.17) is 10.5 Å². The summed E-state index contributed by atoms with van der Waals surface area (Å²) in [6.07, 6.45) is 7.43. The number of anilines is 1. The van der Waals surface area contributed by atoms with Crippen molar-refractivity contribution in [1.82, 2.24) is 20.5 Å². The standard InChI is InChI=1S/C26H35N5O4/c1-2-35-26(34)30-22(18-7-4-3-5-8-18)25(33)31-14-6-9-21(31)24(32)29-16-17-10-11-20-19(15-17)12-13-28-23(20)27/h10-13,15,18,21-22H,2-9,14,16H2,1H3,(H2,27,28)(H,29,32)(H,30,34)/t21-,22+/m0/s1. The van der Waals surface area contributed by atoms with Gasteiger partial charge in [0.15, 0.2) is 0 Å². The molecule has 0 spiro atoms. The van der Waals surface area contributed by atoms with E-state index in [0.717, 1.165) is 54.9 Å². The second-order valence-electron chi connectivity index (χ2n) is 9.40. The number of ether oxygens (including phenoxy) is 1. The molecule has 2 fully saturated rings. The third kappa shape index (κ3) is 5.83. The molecule has 1 aromatic heterocycles. The number of likely N-dealkylation sites (tertiary alicyclic amines) is 1. The van der Waals surface area contributed by atoms with Crippen LogP contribution in [0.5, 0.6) is 0 Å². The molecule has 2 aromatic rings. The molecule has 0 bridgehead atoms. The molecule has 9 heteroatoms. The number of benzene rings is 1. The van der Waals surface area contributed by atoms with Gasteiger partial charge in [-0.1, -0.05) is 31.4 Å². The summed E-state index contributed by atoms with van der Waals surface area (Å²) >= 11 is 0. The van der Waals surface area contributed by atoms with Gasteiger partial charge in [0, 0.05) is 24.7 Å². The number of nitrogen functional groups attached to an aromatic ring is 1. The topological polar surface area (TPSA) is 127 Å². The lowest BCUT2D eigenvalue weighted by Gasteiger charge is -2.34. The Balaban J connectivity index is 1.43. The summed E-state index contributed by atoms with van der Waals surface area (Å²) in [5, 5.41) is 7.63. The molecule has 3 amide bonds. The molecule has 9 nitrogen and oxygen atoms in total. The molecule has 0 unspecified atom stereocenters. The van der Waals surface area contributed by atoms with Gasteiger partial charge >= 0.3 is 6.09 Å². The van der Waals surface area contributed by atoms with Gasteiger partial charge in [0.25, 0.3) is 0 Å². The fraction of sp³-hybridized carbons (Fsp3) is 0.538. The van der Waals surface area contributed by atoms with Crippen LogP contribution in [0.1, 0.15) is 57.4 Å². The monoisotopic (exact) mass is 481 g/mol. The van der Waals surface area contributed by atoms with Crippen LogP contribution in [-0.2, 0) is 20.9 Å². The fourth-order valence-electron chi connectivity index (χ4n) is 5.30.